The summed E-state index contributed by atoms with van der Waals surface area (Å²) in [6.07, 6.45) is 4.65. The molecule has 108 valence electrons. The Hall–Kier alpha value is -1.82. The Morgan fingerprint density at radius 1 is 1.45 bits per heavy atom. The molecule has 0 heterocycles. The lowest BCUT2D eigenvalue weighted by Gasteiger charge is -2.12. The summed E-state index contributed by atoms with van der Waals surface area (Å²) >= 11 is 0. The standard InChI is InChI=1S/C14H17NO4S/c1-2-11-9-10(4-8-14(16)17)3-7-13(11)15-20(18,19)12-5-6-12/h3-4,7-9,12,15H,2,5-6H2,1H3,(H,16,17)/b8-4+. The Kier molecular flexibility index (Phi) is 4.13. The van der Waals surface area contributed by atoms with Crippen molar-refractivity contribution >= 4 is 27.8 Å². The van der Waals surface area contributed by atoms with Crippen molar-refractivity contribution in [1.29, 1.82) is 0 Å². The van der Waals surface area contributed by atoms with Crippen LogP contribution in [-0.4, -0.2) is 24.7 Å². The first-order chi connectivity index (χ1) is 9.42. The minimum atomic E-state index is -3.27. The third kappa shape index (κ3) is 3.60. The topological polar surface area (TPSA) is 83.5 Å². The van der Waals surface area contributed by atoms with Gasteiger partial charge in [-0.25, -0.2) is 13.2 Å². The Morgan fingerprint density at radius 2 is 2.15 bits per heavy atom. The number of aliphatic carboxylic acids is 1. The molecule has 1 aliphatic carbocycles. The van der Waals surface area contributed by atoms with E-state index in [1.807, 2.05) is 6.92 Å². The van der Waals surface area contributed by atoms with E-state index in [0.717, 1.165) is 30.0 Å². The maximum absolute atomic E-state index is 11.9. The SMILES string of the molecule is CCc1cc(/C=C/C(=O)O)ccc1NS(=O)(=O)C1CC1. The second-order valence-electron chi connectivity index (χ2n) is 4.79. The molecule has 0 bridgehead atoms. The van der Waals surface area contributed by atoms with E-state index in [9.17, 15) is 13.2 Å². The van der Waals surface area contributed by atoms with Gasteiger partial charge in [0.1, 0.15) is 0 Å². The second-order valence-corrected chi connectivity index (χ2v) is 6.75. The van der Waals surface area contributed by atoms with Crippen LogP contribution in [0.1, 0.15) is 30.9 Å². The second kappa shape index (κ2) is 5.66. The van der Waals surface area contributed by atoms with Crippen LogP contribution in [0.3, 0.4) is 0 Å². The summed E-state index contributed by atoms with van der Waals surface area (Å²) in [5, 5.41) is 8.33. The molecular formula is C14H17NO4S. The normalized spacial score (nSPS) is 15.4. The van der Waals surface area contributed by atoms with Crippen molar-refractivity contribution in [3.05, 3.63) is 35.4 Å². The van der Waals surface area contributed by atoms with E-state index in [0.29, 0.717) is 12.1 Å². The number of nitrogens with one attached hydrogen (secondary N) is 1. The van der Waals surface area contributed by atoms with Crippen molar-refractivity contribution in [2.24, 2.45) is 0 Å². The average Bonchev–Trinajstić information content (AvgIpc) is 3.21. The number of sulfonamides is 1. The number of benzene rings is 1. The highest BCUT2D eigenvalue weighted by atomic mass is 32.2. The van der Waals surface area contributed by atoms with Crippen LogP contribution < -0.4 is 4.72 Å². The highest BCUT2D eigenvalue weighted by molar-refractivity contribution is 7.93. The predicted octanol–water partition coefficient (Wildman–Crippen LogP) is 2.25. The molecule has 0 atom stereocenters. The number of carboxylic acids is 1. The first kappa shape index (κ1) is 14.6. The molecule has 2 rings (SSSR count). The summed E-state index contributed by atoms with van der Waals surface area (Å²) in [5.41, 5.74) is 2.16. The van der Waals surface area contributed by atoms with Crippen molar-refractivity contribution in [3.8, 4) is 0 Å². The highest BCUT2D eigenvalue weighted by Gasteiger charge is 2.35. The summed E-state index contributed by atoms with van der Waals surface area (Å²) in [4.78, 5) is 10.5. The number of carboxylic acid groups (broad SMARTS) is 1. The van der Waals surface area contributed by atoms with Crippen LogP contribution >= 0.6 is 0 Å². The molecule has 5 nitrogen and oxygen atoms in total. The van der Waals surface area contributed by atoms with Crippen LogP contribution in [-0.2, 0) is 21.2 Å². The van der Waals surface area contributed by atoms with E-state index >= 15 is 0 Å². The molecule has 0 radical (unpaired) electrons. The molecule has 1 aromatic rings. The molecule has 0 aliphatic heterocycles. The van der Waals surface area contributed by atoms with Gasteiger partial charge in [0.15, 0.2) is 0 Å². The number of carbonyl (C=O) groups is 1. The lowest BCUT2D eigenvalue weighted by Crippen LogP contribution is -2.18. The molecule has 1 aromatic carbocycles. The molecule has 2 N–H and O–H groups in total. The van der Waals surface area contributed by atoms with Gasteiger partial charge in [0.25, 0.3) is 0 Å². The Balaban J connectivity index is 2.24. The molecule has 6 heteroatoms. The van der Waals surface area contributed by atoms with Gasteiger partial charge in [0.2, 0.25) is 10.0 Å². The smallest absolute Gasteiger partial charge is 0.328 e. The molecule has 1 aliphatic rings. The number of rotatable bonds is 6. The maximum Gasteiger partial charge on any atom is 0.328 e. The molecular weight excluding hydrogens is 278 g/mol. The van der Waals surface area contributed by atoms with E-state index < -0.39 is 16.0 Å². The zero-order valence-corrected chi connectivity index (χ0v) is 12.0. The molecule has 0 saturated heterocycles. The van der Waals surface area contributed by atoms with Gasteiger partial charge >= 0.3 is 5.97 Å². The lowest BCUT2D eigenvalue weighted by atomic mass is 10.1. The Labute approximate surface area is 118 Å². The summed E-state index contributed by atoms with van der Waals surface area (Å²) in [7, 11) is -3.27. The summed E-state index contributed by atoms with van der Waals surface area (Å²) in [6.45, 7) is 1.93. The third-order valence-electron chi connectivity index (χ3n) is 3.14. The van der Waals surface area contributed by atoms with Gasteiger partial charge in [-0.15, -0.1) is 0 Å². The lowest BCUT2D eigenvalue weighted by molar-refractivity contribution is -0.131. The number of hydrogen-bond donors (Lipinski definition) is 2. The van der Waals surface area contributed by atoms with Crippen molar-refractivity contribution < 1.29 is 18.3 Å². The van der Waals surface area contributed by atoms with Crippen LogP contribution in [0.5, 0.6) is 0 Å². The minimum Gasteiger partial charge on any atom is -0.478 e. The number of hydrogen-bond acceptors (Lipinski definition) is 3. The Bertz CT molecular complexity index is 645. The van der Waals surface area contributed by atoms with E-state index in [2.05, 4.69) is 4.72 Å². The van der Waals surface area contributed by atoms with Crippen molar-refractivity contribution in [2.45, 2.75) is 31.4 Å². The summed E-state index contributed by atoms with van der Waals surface area (Å²) in [5.74, 6) is -1.01. The summed E-state index contributed by atoms with van der Waals surface area (Å²) in [6, 6.07) is 5.17. The third-order valence-corrected chi connectivity index (χ3v) is 5.00. The van der Waals surface area contributed by atoms with Crippen molar-refractivity contribution in [2.75, 3.05) is 4.72 Å². The molecule has 1 saturated carbocycles. The van der Waals surface area contributed by atoms with Crippen LogP contribution in [0, 0.1) is 0 Å². The Morgan fingerprint density at radius 3 is 2.70 bits per heavy atom. The largest absolute Gasteiger partial charge is 0.478 e. The van der Waals surface area contributed by atoms with Gasteiger partial charge < -0.3 is 5.11 Å². The van der Waals surface area contributed by atoms with Gasteiger partial charge in [-0.1, -0.05) is 13.0 Å². The van der Waals surface area contributed by atoms with Gasteiger partial charge in [-0.05, 0) is 48.6 Å². The van der Waals surface area contributed by atoms with E-state index in [1.54, 1.807) is 18.2 Å². The van der Waals surface area contributed by atoms with Gasteiger partial charge in [0, 0.05) is 6.08 Å². The average molecular weight is 295 g/mol. The van der Waals surface area contributed by atoms with Crippen LogP contribution in [0.4, 0.5) is 5.69 Å². The minimum absolute atomic E-state index is 0.265. The van der Waals surface area contributed by atoms with Crippen molar-refractivity contribution in [3.63, 3.8) is 0 Å². The van der Waals surface area contributed by atoms with Gasteiger partial charge in [-0.2, -0.15) is 0 Å². The first-order valence-corrected chi connectivity index (χ1v) is 8.02. The zero-order valence-electron chi connectivity index (χ0n) is 11.2. The highest BCUT2D eigenvalue weighted by Crippen LogP contribution is 2.31. The fourth-order valence-electron chi connectivity index (χ4n) is 1.89. The van der Waals surface area contributed by atoms with Crippen LogP contribution in [0.15, 0.2) is 24.3 Å². The van der Waals surface area contributed by atoms with Gasteiger partial charge in [0.05, 0.1) is 10.9 Å². The van der Waals surface area contributed by atoms with Crippen LogP contribution in [0.25, 0.3) is 6.08 Å². The maximum atomic E-state index is 11.9. The fourth-order valence-corrected chi connectivity index (χ4v) is 3.32. The zero-order chi connectivity index (χ0) is 14.8. The quantitative estimate of drug-likeness (QED) is 0.788. The van der Waals surface area contributed by atoms with Crippen molar-refractivity contribution in [1.82, 2.24) is 0 Å². The molecule has 0 amide bonds. The molecule has 0 spiro atoms. The fraction of sp³-hybridized carbons (Fsp3) is 0.357. The molecule has 20 heavy (non-hydrogen) atoms. The van der Waals surface area contributed by atoms with Crippen LogP contribution in [0.2, 0.25) is 0 Å². The van der Waals surface area contributed by atoms with E-state index in [1.165, 1.54) is 6.08 Å². The molecule has 0 unspecified atom stereocenters. The monoisotopic (exact) mass is 295 g/mol. The molecule has 1 fully saturated rings. The predicted molar refractivity (Wildman–Crippen MR) is 78.1 cm³/mol. The molecule has 0 aromatic heterocycles. The number of aryl methyl sites for hydroxylation is 1. The number of anilines is 1. The van der Waals surface area contributed by atoms with E-state index in [-0.39, 0.29) is 5.25 Å². The van der Waals surface area contributed by atoms with Gasteiger partial charge in [-0.3, -0.25) is 4.72 Å². The first-order valence-electron chi connectivity index (χ1n) is 6.48. The summed E-state index contributed by atoms with van der Waals surface area (Å²) < 4.78 is 26.5. The van der Waals surface area contributed by atoms with E-state index in [4.69, 9.17) is 5.11 Å².